The lowest BCUT2D eigenvalue weighted by Crippen LogP contribution is -2.12. The van der Waals surface area contributed by atoms with Gasteiger partial charge in [-0.1, -0.05) is 53.4 Å². The number of nitrogens with zero attached hydrogens (tertiary/aromatic N) is 2. The normalized spacial score (nSPS) is 11.5. The maximum absolute atomic E-state index is 12.7. The van der Waals surface area contributed by atoms with Crippen molar-refractivity contribution in [1.29, 1.82) is 0 Å². The van der Waals surface area contributed by atoms with Gasteiger partial charge in [-0.15, -0.1) is 10.2 Å². The Labute approximate surface area is 159 Å². The molecule has 130 valence electrons. The standard InChI is InChI=1S/C18H13N3O2S3/c22-26(23,17-10-5-13-3-1-2-4-14(13)11-17)21-15-6-8-16(9-7-15)25-18-20-19-12-24-18/h1-12,21H. The lowest BCUT2D eigenvalue weighted by atomic mass is 10.1. The largest absolute Gasteiger partial charge is 0.280 e. The third-order valence-electron chi connectivity index (χ3n) is 3.68. The van der Waals surface area contributed by atoms with Crippen molar-refractivity contribution in [2.24, 2.45) is 0 Å². The summed E-state index contributed by atoms with van der Waals surface area (Å²) >= 11 is 2.95. The molecular weight excluding hydrogens is 386 g/mol. The average Bonchev–Trinajstić information content (AvgIpc) is 3.16. The molecule has 0 spiro atoms. The Morgan fingerprint density at radius 2 is 1.69 bits per heavy atom. The van der Waals surface area contributed by atoms with E-state index in [4.69, 9.17) is 0 Å². The van der Waals surface area contributed by atoms with Crippen molar-refractivity contribution in [3.8, 4) is 0 Å². The first kappa shape index (κ1) is 17.0. The number of anilines is 1. The number of benzene rings is 3. The molecule has 8 heteroatoms. The van der Waals surface area contributed by atoms with Crippen LogP contribution in [0.15, 0.2) is 86.4 Å². The summed E-state index contributed by atoms with van der Waals surface area (Å²) in [6.45, 7) is 0. The fraction of sp³-hybridized carbons (Fsp3) is 0. The summed E-state index contributed by atoms with van der Waals surface area (Å²) in [6.07, 6.45) is 0. The molecule has 1 heterocycles. The zero-order chi connectivity index (χ0) is 18.0. The van der Waals surface area contributed by atoms with Crippen LogP contribution < -0.4 is 4.72 Å². The van der Waals surface area contributed by atoms with Crippen molar-refractivity contribution in [1.82, 2.24) is 10.2 Å². The average molecular weight is 400 g/mol. The van der Waals surface area contributed by atoms with E-state index < -0.39 is 10.0 Å². The van der Waals surface area contributed by atoms with E-state index in [1.807, 2.05) is 42.5 Å². The summed E-state index contributed by atoms with van der Waals surface area (Å²) in [5.41, 5.74) is 2.19. The molecule has 0 atom stereocenters. The molecule has 4 aromatic rings. The minimum absolute atomic E-state index is 0.239. The number of aromatic nitrogens is 2. The van der Waals surface area contributed by atoms with Crippen LogP contribution in [0, 0.1) is 0 Å². The fourth-order valence-corrected chi connectivity index (χ4v) is 4.99. The number of hydrogen-bond donors (Lipinski definition) is 1. The Balaban J connectivity index is 1.54. The zero-order valence-corrected chi connectivity index (χ0v) is 15.8. The Morgan fingerprint density at radius 1 is 0.923 bits per heavy atom. The van der Waals surface area contributed by atoms with E-state index in [0.29, 0.717) is 5.69 Å². The van der Waals surface area contributed by atoms with Gasteiger partial charge < -0.3 is 0 Å². The van der Waals surface area contributed by atoms with E-state index in [9.17, 15) is 8.42 Å². The molecule has 1 N–H and O–H groups in total. The summed E-state index contributed by atoms with van der Waals surface area (Å²) in [5, 5.41) is 9.67. The van der Waals surface area contributed by atoms with Crippen molar-refractivity contribution in [2.75, 3.05) is 4.72 Å². The van der Waals surface area contributed by atoms with E-state index in [-0.39, 0.29) is 4.90 Å². The molecule has 0 radical (unpaired) electrons. The molecule has 5 nitrogen and oxygen atoms in total. The molecule has 0 bridgehead atoms. The van der Waals surface area contributed by atoms with Gasteiger partial charge >= 0.3 is 0 Å². The van der Waals surface area contributed by atoms with Crippen LogP contribution in [0.4, 0.5) is 5.69 Å². The van der Waals surface area contributed by atoms with Crippen LogP contribution in [0.25, 0.3) is 10.8 Å². The summed E-state index contributed by atoms with van der Waals surface area (Å²) < 4.78 is 28.8. The topological polar surface area (TPSA) is 72.0 Å². The van der Waals surface area contributed by atoms with E-state index in [2.05, 4.69) is 14.9 Å². The monoisotopic (exact) mass is 399 g/mol. The minimum atomic E-state index is -3.64. The van der Waals surface area contributed by atoms with Crippen LogP contribution in [0.3, 0.4) is 0 Å². The zero-order valence-electron chi connectivity index (χ0n) is 13.4. The fourth-order valence-electron chi connectivity index (χ4n) is 2.45. The number of rotatable bonds is 5. The first-order valence-corrected chi connectivity index (χ1v) is 10.8. The van der Waals surface area contributed by atoms with Gasteiger partial charge in [-0.05, 0) is 47.2 Å². The molecule has 3 aromatic carbocycles. The van der Waals surface area contributed by atoms with E-state index in [1.54, 1.807) is 29.8 Å². The van der Waals surface area contributed by atoms with E-state index in [1.165, 1.54) is 23.1 Å². The summed E-state index contributed by atoms with van der Waals surface area (Å²) in [4.78, 5) is 1.21. The van der Waals surface area contributed by atoms with Gasteiger partial charge in [0, 0.05) is 10.6 Å². The molecular formula is C18H13N3O2S3. The van der Waals surface area contributed by atoms with Crippen LogP contribution in [-0.4, -0.2) is 18.6 Å². The summed E-state index contributed by atoms with van der Waals surface area (Å²) in [5.74, 6) is 0. The third kappa shape index (κ3) is 3.72. The predicted octanol–water partition coefficient (Wildman–Crippen LogP) is 4.64. The van der Waals surface area contributed by atoms with Gasteiger partial charge in [0.1, 0.15) is 5.51 Å². The highest BCUT2D eigenvalue weighted by Gasteiger charge is 2.14. The Morgan fingerprint density at radius 3 is 2.42 bits per heavy atom. The molecule has 26 heavy (non-hydrogen) atoms. The lowest BCUT2D eigenvalue weighted by Gasteiger charge is -2.09. The smallest absolute Gasteiger partial charge is 0.261 e. The molecule has 0 fully saturated rings. The molecule has 0 saturated carbocycles. The second-order valence-corrected chi connectivity index (χ2v) is 9.28. The highest BCUT2D eigenvalue weighted by molar-refractivity contribution is 8.01. The van der Waals surface area contributed by atoms with Crippen LogP contribution in [0.2, 0.25) is 0 Å². The van der Waals surface area contributed by atoms with E-state index in [0.717, 1.165) is 20.0 Å². The molecule has 0 unspecified atom stereocenters. The molecule has 4 rings (SSSR count). The number of hydrogen-bond acceptors (Lipinski definition) is 6. The van der Waals surface area contributed by atoms with Gasteiger partial charge in [0.2, 0.25) is 0 Å². The molecule has 1 aromatic heterocycles. The second-order valence-electron chi connectivity index (χ2n) is 5.45. The number of nitrogens with one attached hydrogen (secondary N) is 1. The minimum Gasteiger partial charge on any atom is -0.280 e. The van der Waals surface area contributed by atoms with Gasteiger partial charge in [0.05, 0.1) is 4.90 Å². The SMILES string of the molecule is O=S(=O)(Nc1ccc(Sc2nncs2)cc1)c1ccc2ccccc2c1. The Hall–Kier alpha value is -2.42. The van der Waals surface area contributed by atoms with Gasteiger partial charge in [-0.3, -0.25) is 4.72 Å². The van der Waals surface area contributed by atoms with Crippen molar-refractivity contribution < 1.29 is 8.42 Å². The summed E-state index contributed by atoms with van der Waals surface area (Å²) in [7, 11) is -3.64. The molecule has 0 aliphatic carbocycles. The van der Waals surface area contributed by atoms with Crippen molar-refractivity contribution >= 4 is 49.6 Å². The highest BCUT2D eigenvalue weighted by atomic mass is 32.2. The Kier molecular flexibility index (Phi) is 4.62. The third-order valence-corrected chi connectivity index (χ3v) is 6.85. The summed E-state index contributed by atoms with van der Waals surface area (Å²) in [6, 6.07) is 19.9. The quantitative estimate of drug-likeness (QED) is 0.529. The van der Waals surface area contributed by atoms with Crippen molar-refractivity contribution in [3.05, 3.63) is 72.2 Å². The van der Waals surface area contributed by atoms with Crippen LogP contribution >= 0.6 is 23.1 Å². The van der Waals surface area contributed by atoms with Crippen LogP contribution in [0.1, 0.15) is 0 Å². The Bertz CT molecular complexity index is 1140. The second kappa shape index (κ2) is 7.06. The molecule has 0 aliphatic heterocycles. The first-order chi connectivity index (χ1) is 12.6. The highest BCUT2D eigenvalue weighted by Crippen LogP contribution is 2.29. The van der Waals surface area contributed by atoms with Gasteiger partial charge in [0.25, 0.3) is 10.0 Å². The van der Waals surface area contributed by atoms with Crippen molar-refractivity contribution in [2.45, 2.75) is 14.1 Å². The number of sulfonamides is 1. The van der Waals surface area contributed by atoms with Gasteiger partial charge in [0.15, 0.2) is 4.34 Å². The van der Waals surface area contributed by atoms with Gasteiger partial charge in [-0.25, -0.2) is 8.42 Å². The van der Waals surface area contributed by atoms with Crippen LogP contribution in [-0.2, 0) is 10.0 Å². The molecule has 0 saturated heterocycles. The predicted molar refractivity (Wildman–Crippen MR) is 105 cm³/mol. The van der Waals surface area contributed by atoms with Crippen LogP contribution in [0.5, 0.6) is 0 Å². The number of fused-ring (bicyclic) bond motifs is 1. The molecule has 0 aliphatic rings. The van der Waals surface area contributed by atoms with Crippen molar-refractivity contribution in [3.63, 3.8) is 0 Å². The molecule has 0 amide bonds. The maximum Gasteiger partial charge on any atom is 0.261 e. The lowest BCUT2D eigenvalue weighted by molar-refractivity contribution is 0.601. The van der Waals surface area contributed by atoms with Gasteiger partial charge in [-0.2, -0.15) is 0 Å². The first-order valence-electron chi connectivity index (χ1n) is 7.66. The maximum atomic E-state index is 12.7. The van der Waals surface area contributed by atoms with E-state index >= 15 is 0 Å².